The zero-order valence-corrected chi connectivity index (χ0v) is 11.6. The number of hydrogen-bond acceptors (Lipinski definition) is 3. The summed E-state index contributed by atoms with van der Waals surface area (Å²) in [5.74, 6) is 1.11. The highest BCUT2D eigenvalue weighted by Gasteiger charge is 2.22. The molecule has 1 fully saturated rings. The molecule has 0 radical (unpaired) electrons. The number of aliphatic hydroxyl groups is 1. The summed E-state index contributed by atoms with van der Waals surface area (Å²) in [6.45, 7) is 1.01. The SMILES string of the molecule is O=C1NCCOc2ccc(C(O)CC3CCCC3)cc21. The molecule has 0 bridgehead atoms. The summed E-state index contributed by atoms with van der Waals surface area (Å²) in [5.41, 5.74) is 1.35. The molecule has 1 aromatic carbocycles. The van der Waals surface area contributed by atoms with Crippen molar-refractivity contribution in [3.8, 4) is 5.75 Å². The van der Waals surface area contributed by atoms with Gasteiger partial charge in [0.05, 0.1) is 18.2 Å². The molecule has 0 spiro atoms. The fourth-order valence-corrected chi connectivity index (χ4v) is 3.18. The molecule has 1 atom stereocenters. The average Bonchev–Trinajstić information content (AvgIpc) is 2.89. The van der Waals surface area contributed by atoms with Crippen LogP contribution in [-0.4, -0.2) is 24.2 Å². The van der Waals surface area contributed by atoms with E-state index in [1.165, 1.54) is 25.7 Å². The van der Waals surface area contributed by atoms with Crippen molar-refractivity contribution in [2.75, 3.05) is 13.2 Å². The number of amides is 1. The van der Waals surface area contributed by atoms with Crippen LogP contribution in [-0.2, 0) is 0 Å². The van der Waals surface area contributed by atoms with Gasteiger partial charge in [0.25, 0.3) is 5.91 Å². The number of benzene rings is 1. The maximum atomic E-state index is 12.0. The van der Waals surface area contributed by atoms with Crippen LogP contribution >= 0.6 is 0 Å². The summed E-state index contributed by atoms with van der Waals surface area (Å²) in [6, 6.07) is 5.44. The molecule has 1 heterocycles. The molecule has 1 unspecified atom stereocenters. The van der Waals surface area contributed by atoms with Gasteiger partial charge in [0, 0.05) is 0 Å². The highest BCUT2D eigenvalue weighted by atomic mass is 16.5. The molecular formula is C16H21NO3. The number of carbonyl (C=O) groups is 1. The van der Waals surface area contributed by atoms with Crippen LogP contribution in [0.3, 0.4) is 0 Å². The predicted molar refractivity (Wildman–Crippen MR) is 75.8 cm³/mol. The minimum absolute atomic E-state index is 0.118. The van der Waals surface area contributed by atoms with Crippen LogP contribution in [0, 0.1) is 5.92 Å². The quantitative estimate of drug-likeness (QED) is 0.890. The normalized spacial score (nSPS) is 20.8. The fourth-order valence-electron chi connectivity index (χ4n) is 3.18. The lowest BCUT2D eigenvalue weighted by molar-refractivity contribution is 0.0956. The number of aliphatic hydroxyl groups excluding tert-OH is 1. The third-order valence-electron chi connectivity index (χ3n) is 4.31. The monoisotopic (exact) mass is 275 g/mol. The minimum Gasteiger partial charge on any atom is -0.491 e. The Morgan fingerprint density at radius 1 is 1.35 bits per heavy atom. The number of rotatable bonds is 3. The third kappa shape index (κ3) is 2.80. The summed E-state index contributed by atoms with van der Waals surface area (Å²) in [4.78, 5) is 12.0. The van der Waals surface area contributed by atoms with Crippen LogP contribution in [0.4, 0.5) is 0 Å². The maximum absolute atomic E-state index is 12.0. The standard InChI is InChI=1S/C16H21NO3/c18-14(9-11-3-1-2-4-11)12-5-6-15-13(10-12)16(19)17-7-8-20-15/h5-6,10-11,14,18H,1-4,7-9H2,(H,17,19). The van der Waals surface area contributed by atoms with Crippen LogP contribution < -0.4 is 10.1 Å². The van der Waals surface area contributed by atoms with E-state index in [0.29, 0.717) is 30.4 Å². The Hall–Kier alpha value is -1.55. The third-order valence-corrected chi connectivity index (χ3v) is 4.31. The van der Waals surface area contributed by atoms with Gasteiger partial charge in [-0.25, -0.2) is 0 Å². The molecule has 4 heteroatoms. The van der Waals surface area contributed by atoms with E-state index in [-0.39, 0.29) is 5.91 Å². The fraction of sp³-hybridized carbons (Fsp3) is 0.562. The van der Waals surface area contributed by atoms with E-state index in [1.54, 1.807) is 12.1 Å². The molecule has 1 amide bonds. The Morgan fingerprint density at radius 2 is 2.15 bits per heavy atom. The molecule has 1 aromatic rings. The highest BCUT2D eigenvalue weighted by molar-refractivity contribution is 5.97. The Balaban J connectivity index is 1.78. The summed E-state index contributed by atoms with van der Waals surface area (Å²) >= 11 is 0. The second-order valence-electron chi connectivity index (χ2n) is 5.76. The number of carbonyl (C=O) groups excluding carboxylic acids is 1. The summed E-state index contributed by atoms with van der Waals surface area (Å²) < 4.78 is 5.52. The molecule has 1 aliphatic heterocycles. The van der Waals surface area contributed by atoms with Crippen LogP contribution in [0.25, 0.3) is 0 Å². The van der Waals surface area contributed by atoms with E-state index in [1.807, 2.05) is 6.07 Å². The van der Waals surface area contributed by atoms with Crippen molar-refractivity contribution in [2.24, 2.45) is 5.92 Å². The lowest BCUT2D eigenvalue weighted by Crippen LogP contribution is -2.24. The van der Waals surface area contributed by atoms with Crippen LogP contribution in [0.15, 0.2) is 18.2 Å². The first kappa shape index (κ1) is 13.4. The van der Waals surface area contributed by atoms with Gasteiger partial charge < -0.3 is 15.2 Å². The number of nitrogens with one attached hydrogen (secondary N) is 1. The first-order valence-corrected chi connectivity index (χ1v) is 7.47. The molecule has 1 saturated carbocycles. The van der Waals surface area contributed by atoms with Crippen molar-refractivity contribution in [1.29, 1.82) is 0 Å². The van der Waals surface area contributed by atoms with Crippen molar-refractivity contribution in [3.05, 3.63) is 29.3 Å². The predicted octanol–water partition coefficient (Wildman–Crippen LogP) is 2.42. The highest BCUT2D eigenvalue weighted by Crippen LogP contribution is 2.34. The second kappa shape index (κ2) is 5.83. The molecule has 1 aliphatic carbocycles. The molecule has 3 rings (SSSR count). The van der Waals surface area contributed by atoms with Crippen molar-refractivity contribution in [2.45, 2.75) is 38.2 Å². The van der Waals surface area contributed by atoms with Gasteiger partial charge in [0.2, 0.25) is 0 Å². The van der Waals surface area contributed by atoms with Crippen molar-refractivity contribution in [3.63, 3.8) is 0 Å². The minimum atomic E-state index is -0.487. The Morgan fingerprint density at radius 3 is 2.95 bits per heavy atom. The number of ether oxygens (including phenoxy) is 1. The smallest absolute Gasteiger partial charge is 0.255 e. The molecule has 0 saturated heterocycles. The molecule has 20 heavy (non-hydrogen) atoms. The largest absolute Gasteiger partial charge is 0.491 e. The van der Waals surface area contributed by atoms with E-state index in [4.69, 9.17) is 4.74 Å². The van der Waals surface area contributed by atoms with E-state index >= 15 is 0 Å². The van der Waals surface area contributed by atoms with Gasteiger partial charge in [0.15, 0.2) is 0 Å². The van der Waals surface area contributed by atoms with E-state index in [2.05, 4.69) is 5.32 Å². The summed E-state index contributed by atoms with van der Waals surface area (Å²) in [6.07, 6.45) is 5.29. The summed E-state index contributed by atoms with van der Waals surface area (Å²) in [7, 11) is 0. The molecule has 108 valence electrons. The van der Waals surface area contributed by atoms with Crippen LogP contribution in [0.2, 0.25) is 0 Å². The molecule has 0 aromatic heterocycles. The first-order chi connectivity index (χ1) is 9.74. The second-order valence-corrected chi connectivity index (χ2v) is 5.76. The number of hydrogen-bond donors (Lipinski definition) is 2. The molecule has 2 N–H and O–H groups in total. The Kier molecular flexibility index (Phi) is 3.92. The van der Waals surface area contributed by atoms with Crippen molar-refractivity contribution in [1.82, 2.24) is 5.32 Å². The van der Waals surface area contributed by atoms with Gasteiger partial charge in [-0.1, -0.05) is 31.7 Å². The zero-order valence-electron chi connectivity index (χ0n) is 11.6. The molecule has 2 aliphatic rings. The average molecular weight is 275 g/mol. The number of fused-ring (bicyclic) bond motifs is 1. The zero-order chi connectivity index (χ0) is 13.9. The Labute approximate surface area is 119 Å². The van der Waals surface area contributed by atoms with Gasteiger partial charge >= 0.3 is 0 Å². The molecular weight excluding hydrogens is 254 g/mol. The summed E-state index contributed by atoms with van der Waals surface area (Å²) in [5, 5.41) is 13.2. The lowest BCUT2D eigenvalue weighted by Gasteiger charge is -2.17. The molecule has 4 nitrogen and oxygen atoms in total. The van der Waals surface area contributed by atoms with Gasteiger partial charge in [-0.3, -0.25) is 4.79 Å². The van der Waals surface area contributed by atoms with E-state index in [9.17, 15) is 9.90 Å². The van der Waals surface area contributed by atoms with Crippen molar-refractivity contribution >= 4 is 5.91 Å². The van der Waals surface area contributed by atoms with Crippen LogP contribution in [0.1, 0.15) is 54.1 Å². The van der Waals surface area contributed by atoms with E-state index < -0.39 is 6.10 Å². The Bertz CT molecular complexity index is 494. The van der Waals surface area contributed by atoms with Gasteiger partial charge in [-0.15, -0.1) is 0 Å². The topological polar surface area (TPSA) is 58.6 Å². The first-order valence-electron chi connectivity index (χ1n) is 7.47. The lowest BCUT2D eigenvalue weighted by atomic mass is 9.94. The van der Waals surface area contributed by atoms with E-state index in [0.717, 1.165) is 12.0 Å². The van der Waals surface area contributed by atoms with Gasteiger partial charge in [-0.05, 0) is 30.0 Å². The van der Waals surface area contributed by atoms with Gasteiger partial charge in [0.1, 0.15) is 12.4 Å². The van der Waals surface area contributed by atoms with Gasteiger partial charge in [-0.2, -0.15) is 0 Å². The van der Waals surface area contributed by atoms with Crippen LogP contribution in [0.5, 0.6) is 5.75 Å². The van der Waals surface area contributed by atoms with Crippen molar-refractivity contribution < 1.29 is 14.6 Å². The maximum Gasteiger partial charge on any atom is 0.255 e.